The molecular formula is C27H28N4O5. The molecule has 36 heavy (non-hydrogen) atoms. The first-order valence-corrected chi connectivity index (χ1v) is 11.7. The number of para-hydroxylation sites is 3. The Morgan fingerprint density at radius 2 is 1.61 bits per heavy atom. The van der Waals surface area contributed by atoms with Gasteiger partial charge >= 0.3 is 6.03 Å². The SMILES string of the molecule is COc1cc(NC(=O)N2CCN(C3=Nc4ccccc4Oc4c(OC)cccc43)CC2)cc(OC)c1. The van der Waals surface area contributed by atoms with Crippen molar-refractivity contribution >= 4 is 23.2 Å². The van der Waals surface area contributed by atoms with Crippen molar-refractivity contribution in [2.24, 2.45) is 4.99 Å². The van der Waals surface area contributed by atoms with Crippen LogP contribution in [0.1, 0.15) is 5.56 Å². The second-order valence-corrected chi connectivity index (χ2v) is 8.35. The highest BCUT2D eigenvalue weighted by Crippen LogP contribution is 2.42. The first-order chi connectivity index (χ1) is 17.6. The lowest BCUT2D eigenvalue weighted by Gasteiger charge is -2.36. The fourth-order valence-electron chi connectivity index (χ4n) is 4.32. The molecule has 9 heteroatoms. The van der Waals surface area contributed by atoms with Crippen LogP contribution < -0.4 is 24.3 Å². The summed E-state index contributed by atoms with van der Waals surface area (Å²) < 4.78 is 22.4. The maximum atomic E-state index is 13.0. The highest BCUT2D eigenvalue weighted by atomic mass is 16.5. The van der Waals surface area contributed by atoms with Crippen LogP contribution in [0.5, 0.6) is 28.7 Å². The normalized spacial score (nSPS) is 14.5. The Hall–Kier alpha value is -4.40. The molecular weight excluding hydrogens is 460 g/mol. The smallest absolute Gasteiger partial charge is 0.321 e. The van der Waals surface area contributed by atoms with Crippen LogP contribution in [0.4, 0.5) is 16.2 Å². The molecule has 1 fully saturated rings. The minimum absolute atomic E-state index is 0.177. The molecule has 2 amide bonds. The largest absolute Gasteiger partial charge is 0.497 e. The number of aliphatic imine (C=N–C) groups is 1. The fraction of sp³-hybridized carbons (Fsp3) is 0.259. The second kappa shape index (κ2) is 10.1. The molecule has 3 aromatic rings. The summed E-state index contributed by atoms with van der Waals surface area (Å²) in [6, 6.07) is 18.6. The number of fused-ring (bicyclic) bond motifs is 2. The summed E-state index contributed by atoms with van der Waals surface area (Å²) in [5.41, 5.74) is 2.21. The Morgan fingerprint density at radius 1 is 0.889 bits per heavy atom. The molecule has 186 valence electrons. The second-order valence-electron chi connectivity index (χ2n) is 8.35. The zero-order valence-electron chi connectivity index (χ0n) is 20.5. The van der Waals surface area contributed by atoms with Gasteiger partial charge in [0.1, 0.15) is 23.0 Å². The van der Waals surface area contributed by atoms with Crippen LogP contribution in [0.15, 0.2) is 65.7 Å². The molecule has 0 aliphatic carbocycles. The van der Waals surface area contributed by atoms with Crippen molar-refractivity contribution in [2.45, 2.75) is 0 Å². The van der Waals surface area contributed by atoms with Crippen molar-refractivity contribution in [2.75, 3.05) is 52.8 Å². The van der Waals surface area contributed by atoms with Crippen molar-refractivity contribution in [1.29, 1.82) is 0 Å². The topological polar surface area (TPSA) is 84.9 Å². The van der Waals surface area contributed by atoms with Gasteiger partial charge in [0.05, 0.1) is 26.9 Å². The molecule has 0 saturated carbocycles. The van der Waals surface area contributed by atoms with E-state index in [2.05, 4.69) is 10.2 Å². The lowest BCUT2D eigenvalue weighted by Crippen LogP contribution is -2.51. The van der Waals surface area contributed by atoms with E-state index in [1.807, 2.05) is 42.5 Å². The number of piperazine rings is 1. The van der Waals surface area contributed by atoms with Gasteiger partial charge in [0.15, 0.2) is 17.2 Å². The quantitative estimate of drug-likeness (QED) is 0.571. The maximum absolute atomic E-state index is 13.0. The third-order valence-corrected chi connectivity index (χ3v) is 6.21. The highest BCUT2D eigenvalue weighted by Gasteiger charge is 2.29. The number of benzene rings is 3. The number of rotatable bonds is 4. The number of carbonyl (C=O) groups excluding carboxylic acids is 1. The molecule has 1 N–H and O–H groups in total. The zero-order valence-corrected chi connectivity index (χ0v) is 20.5. The van der Waals surface area contributed by atoms with E-state index in [4.69, 9.17) is 23.9 Å². The van der Waals surface area contributed by atoms with Gasteiger partial charge < -0.3 is 34.1 Å². The van der Waals surface area contributed by atoms with Crippen molar-refractivity contribution in [1.82, 2.24) is 9.80 Å². The number of carbonyl (C=O) groups is 1. The summed E-state index contributed by atoms with van der Waals surface area (Å²) in [5.74, 6) is 3.96. The Balaban J connectivity index is 1.35. The molecule has 0 spiro atoms. The van der Waals surface area contributed by atoms with E-state index in [0.29, 0.717) is 60.6 Å². The minimum atomic E-state index is -0.177. The molecule has 0 bridgehead atoms. The van der Waals surface area contributed by atoms with E-state index in [0.717, 1.165) is 17.1 Å². The highest BCUT2D eigenvalue weighted by molar-refractivity contribution is 6.04. The van der Waals surface area contributed by atoms with Crippen LogP contribution in [-0.2, 0) is 0 Å². The number of nitrogens with one attached hydrogen (secondary N) is 1. The van der Waals surface area contributed by atoms with Crippen LogP contribution in [0.25, 0.3) is 0 Å². The summed E-state index contributed by atoms with van der Waals surface area (Å²) >= 11 is 0. The van der Waals surface area contributed by atoms with Crippen LogP contribution >= 0.6 is 0 Å². The van der Waals surface area contributed by atoms with Gasteiger partial charge in [-0.2, -0.15) is 0 Å². The number of anilines is 1. The third-order valence-electron chi connectivity index (χ3n) is 6.21. The van der Waals surface area contributed by atoms with E-state index >= 15 is 0 Å². The number of urea groups is 1. The number of amidine groups is 1. The molecule has 9 nitrogen and oxygen atoms in total. The summed E-state index contributed by atoms with van der Waals surface area (Å²) in [7, 11) is 4.78. The van der Waals surface area contributed by atoms with E-state index in [1.165, 1.54) is 0 Å². The fourth-order valence-corrected chi connectivity index (χ4v) is 4.32. The van der Waals surface area contributed by atoms with Gasteiger partial charge in [-0.15, -0.1) is 0 Å². The molecule has 1 saturated heterocycles. The van der Waals surface area contributed by atoms with Gasteiger partial charge in [-0.25, -0.2) is 9.79 Å². The molecule has 0 unspecified atom stereocenters. The van der Waals surface area contributed by atoms with Gasteiger partial charge in [-0.05, 0) is 24.3 Å². The average molecular weight is 489 g/mol. The Morgan fingerprint density at radius 3 is 2.31 bits per heavy atom. The third kappa shape index (κ3) is 4.59. The average Bonchev–Trinajstić information content (AvgIpc) is 3.09. The van der Waals surface area contributed by atoms with E-state index in [1.54, 1.807) is 44.4 Å². The summed E-state index contributed by atoms with van der Waals surface area (Å²) in [6.45, 7) is 2.31. The van der Waals surface area contributed by atoms with Crippen molar-refractivity contribution in [3.63, 3.8) is 0 Å². The Kier molecular flexibility index (Phi) is 6.53. The minimum Gasteiger partial charge on any atom is -0.497 e. The lowest BCUT2D eigenvalue weighted by atomic mass is 10.1. The molecule has 0 radical (unpaired) electrons. The Bertz CT molecular complexity index is 1280. The molecule has 5 rings (SSSR count). The monoisotopic (exact) mass is 488 g/mol. The predicted molar refractivity (Wildman–Crippen MR) is 137 cm³/mol. The van der Waals surface area contributed by atoms with Crippen LogP contribution in [-0.4, -0.2) is 69.2 Å². The van der Waals surface area contributed by atoms with E-state index in [-0.39, 0.29) is 6.03 Å². The predicted octanol–water partition coefficient (Wildman–Crippen LogP) is 4.75. The van der Waals surface area contributed by atoms with Crippen LogP contribution in [0.3, 0.4) is 0 Å². The molecule has 0 atom stereocenters. The summed E-state index contributed by atoms with van der Waals surface area (Å²) in [5, 5.41) is 2.95. The molecule has 3 aromatic carbocycles. The first-order valence-electron chi connectivity index (χ1n) is 11.7. The molecule has 2 aliphatic heterocycles. The number of nitrogens with zero attached hydrogens (tertiary/aromatic N) is 3. The number of methoxy groups -OCH3 is 3. The summed E-state index contributed by atoms with van der Waals surface area (Å²) in [4.78, 5) is 21.9. The lowest BCUT2D eigenvalue weighted by molar-refractivity contribution is 0.181. The molecule has 2 aliphatic rings. The van der Waals surface area contributed by atoms with Gasteiger partial charge in [-0.1, -0.05) is 18.2 Å². The van der Waals surface area contributed by atoms with E-state index < -0.39 is 0 Å². The van der Waals surface area contributed by atoms with Crippen LogP contribution in [0.2, 0.25) is 0 Å². The van der Waals surface area contributed by atoms with Gasteiger partial charge in [0, 0.05) is 50.1 Å². The van der Waals surface area contributed by atoms with Gasteiger partial charge in [0.25, 0.3) is 0 Å². The van der Waals surface area contributed by atoms with Crippen LogP contribution in [0, 0.1) is 0 Å². The Labute approximate surface area is 209 Å². The zero-order chi connectivity index (χ0) is 25.1. The first kappa shape index (κ1) is 23.3. The number of amides is 2. The van der Waals surface area contributed by atoms with Gasteiger partial charge in [0.2, 0.25) is 0 Å². The van der Waals surface area contributed by atoms with Crippen molar-refractivity contribution in [3.8, 4) is 28.7 Å². The standard InChI is InChI=1S/C27H28N4O5/c1-33-19-15-18(16-20(17-19)34-2)28-27(32)31-13-11-30(12-14-31)26-21-7-6-10-24(35-3)25(21)36-23-9-5-4-8-22(23)29-26/h4-10,15-17H,11-14H2,1-3H3,(H,28,32). The van der Waals surface area contributed by atoms with Crippen molar-refractivity contribution in [3.05, 3.63) is 66.2 Å². The van der Waals surface area contributed by atoms with Crippen molar-refractivity contribution < 1.29 is 23.7 Å². The number of hydrogen-bond acceptors (Lipinski definition) is 7. The maximum Gasteiger partial charge on any atom is 0.321 e. The molecule has 2 heterocycles. The number of hydrogen-bond donors (Lipinski definition) is 1. The number of ether oxygens (including phenoxy) is 4. The van der Waals surface area contributed by atoms with Gasteiger partial charge in [-0.3, -0.25) is 0 Å². The van der Waals surface area contributed by atoms with E-state index in [9.17, 15) is 4.79 Å². The summed E-state index contributed by atoms with van der Waals surface area (Å²) in [6.07, 6.45) is 0. The molecule has 0 aromatic heterocycles.